The van der Waals surface area contributed by atoms with Crippen LogP contribution in [-0.4, -0.2) is 31.7 Å². The van der Waals surface area contributed by atoms with Crippen molar-refractivity contribution in [2.45, 2.75) is 50.2 Å². The number of rotatable bonds is 3. The molecule has 0 bridgehead atoms. The average Bonchev–Trinajstić information content (AvgIpc) is 2.55. The fourth-order valence-corrected chi connectivity index (χ4v) is 3.72. The maximum absolute atomic E-state index is 12.8. The van der Waals surface area contributed by atoms with E-state index in [0.29, 0.717) is 12.0 Å². The lowest BCUT2D eigenvalue weighted by Gasteiger charge is -2.26. The monoisotopic (exact) mass is 310 g/mol. The van der Waals surface area contributed by atoms with Gasteiger partial charge in [-0.05, 0) is 46.2 Å². The molecule has 1 fully saturated rings. The van der Waals surface area contributed by atoms with Crippen molar-refractivity contribution >= 4 is 15.6 Å². The van der Waals surface area contributed by atoms with Gasteiger partial charge in [-0.15, -0.1) is 0 Å². The van der Waals surface area contributed by atoms with Gasteiger partial charge in [0.1, 0.15) is 0 Å². The summed E-state index contributed by atoms with van der Waals surface area (Å²) < 4.78 is 29.2. The fraction of sp³-hybridized carbons (Fsp3) is 0.562. The van der Waals surface area contributed by atoms with Gasteiger partial charge >= 0.3 is 0 Å². The Balaban J connectivity index is 2.38. The van der Waals surface area contributed by atoms with Gasteiger partial charge in [-0.1, -0.05) is 12.1 Å². The summed E-state index contributed by atoms with van der Waals surface area (Å²) in [6.07, 6.45) is 1.77. The number of hydrogen-bond acceptors (Lipinski definition) is 4. The largest absolute Gasteiger partial charge is 0.369 e. The number of carbonyl (C=O) groups is 1. The van der Waals surface area contributed by atoms with Crippen LogP contribution in [0.2, 0.25) is 0 Å². The van der Waals surface area contributed by atoms with E-state index in [4.69, 9.17) is 4.74 Å². The van der Waals surface area contributed by atoms with E-state index in [9.17, 15) is 13.2 Å². The molecule has 1 aliphatic rings. The van der Waals surface area contributed by atoms with E-state index in [1.807, 2.05) is 27.7 Å². The first-order valence-corrected chi connectivity index (χ1v) is 8.86. The van der Waals surface area contributed by atoms with Gasteiger partial charge in [-0.2, -0.15) is 0 Å². The first-order chi connectivity index (χ1) is 9.42. The van der Waals surface area contributed by atoms with E-state index >= 15 is 0 Å². The standard InChI is InChI=1S/C16H22O4S/c1-15(2)10-13(16(3,4)20-15)14(17)11-7-6-8-12(9-11)21(5,18)19/h6-9,13H,10H2,1-5H3. The maximum atomic E-state index is 12.8. The molecule has 1 saturated heterocycles. The summed E-state index contributed by atoms with van der Waals surface area (Å²) in [5, 5.41) is 0. The first kappa shape index (κ1) is 16.2. The van der Waals surface area contributed by atoms with E-state index < -0.39 is 15.4 Å². The summed E-state index contributed by atoms with van der Waals surface area (Å²) in [6.45, 7) is 7.75. The average molecular weight is 310 g/mol. The molecule has 5 heteroatoms. The van der Waals surface area contributed by atoms with Crippen LogP contribution < -0.4 is 0 Å². The Morgan fingerprint density at radius 2 is 1.86 bits per heavy atom. The molecule has 116 valence electrons. The van der Waals surface area contributed by atoms with Crippen LogP contribution >= 0.6 is 0 Å². The van der Waals surface area contributed by atoms with Crippen molar-refractivity contribution in [3.8, 4) is 0 Å². The van der Waals surface area contributed by atoms with Crippen molar-refractivity contribution in [3.63, 3.8) is 0 Å². The Kier molecular flexibility index (Phi) is 3.79. The Bertz CT molecular complexity index is 671. The minimum Gasteiger partial charge on any atom is -0.369 e. The normalized spacial score (nSPS) is 24.0. The zero-order chi connectivity index (χ0) is 16.1. The lowest BCUT2D eigenvalue weighted by molar-refractivity contribution is -0.0712. The van der Waals surface area contributed by atoms with Crippen molar-refractivity contribution < 1.29 is 17.9 Å². The molecule has 1 aliphatic heterocycles. The molecule has 0 spiro atoms. The van der Waals surface area contributed by atoms with Crippen LogP contribution in [0.5, 0.6) is 0 Å². The topological polar surface area (TPSA) is 60.4 Å². The van der Waals surface area contributed by atoms with Crippen molar-refractivity contribution in [1.29, 1.82) is 0 Å². The second kappa shape index (κ2) is 4.92. The van der Waals surface area contributed by atoms with Gasteiger partial charge < -0.3 is 4.74 Å². The maximum Gasteiger partial charge on any atom is 0.175 e. The number of hydrogen-bond donors (Lipinski definition) is 0. The van der Waals surface area contributed by atoms with Crippen molar-refractivity contribution in [3.05, 3.63) is 29.8 Å². The van der Waals surface area contributed by atoms with Gasteiger partial charge in [-0.3, -0.25) is 4.79 Å². The third kappa shape index (κ3) is 3.35. The lowest BCUT2D eigenvalue weighted by Crippen LogP contribution is -2.33. The second-order valence-corrected chi connectivity index (χ2v) is 8.90. The van der Waals surface area contributed by atoms with Crippen LogP contribution in [-0.2, 0) is 14.6 Å². The Labute approximate surface area is 126 Å². The fourth-order valence-electron chi connectivity index (χ4n) is 3.05. The van der Waals surface area contributed by atoms with Gasteiger partial charge in [-0.25, -0.2) is 8.42 Å². The number of benzene rings is 1. The SMILES string of the molecule is CC1(C)CC(C(=O)c2cccc(S(C)(=O)=O)c2)C(C)(C)O1. The Hall–Kier alpha value is -1.20. The minimum absolute atomic E-state index is 0.0592. The molecule has 4 nitrogen and oxygen atoms in total. The molecule has 1 aromatic carbocycles. The Morgan fingerprint density at radius 1 is 1.24 bits per heavy atom. The smallest absolute Gasteiger partial charge is 0.175 e. The van der Waals surface area contributed by atoms with E-state index in [-0.39, 0.29) is 22.2 Å². The van der Waals surface area contributed by atoms with E-state index in [1.165, 1.54) is 12.1 Å². The van der Waals surface area contributed by atoms with E-state index in [2.05, 4.69) is 0 Å². The van der Waals surface area contributed by atoms with Crippen molar-refractivity contribution in [2.75, 3.05) is 6.26 Å². The van der Waals surface area contributed by atoms with Crippen molar-refractivity contribution in [1.82, 2.24) is 0 Å². The third-order valence-corrected chi connectivity index (χ3v) is 5.05. The summed E-state index contributed by atoms with van der Waals surface area (Å²) in [5.41, 5.74) is -0.475. The summed E-state index contributed by atoms with van der Waals surface area (Å²) in [7, 11) is -3.32. The summed E-state index contributed by atoms with van der Waals surface area (Å²) >= 11 is 0. The summed E-state index contributed by atoms with van der Waals surface area (Å²) in [6, 6.07) is 6.24. The first-order valence-electron chi connectivity index (χ1n) is 6.97. The van der Waals surface area contributed by atoms with Crippen LogP contribution in [0.25, 0.3) is 0 Å². The molecule has 2 rings (SSSR count). The molecule has 0 N–H and O–H groups in total. The minimum atomic E-state index is -3.32. The van der Waals surface area contributed by atoms with E-state index in [1.54, 1.807) is 12.1 Å². The molecule has 0 amide bonds. The third-order valence-electron chi connectivity index (χ3n) is 3.94. The molecule has 0 aromatic heterocycles. The quantitative estimate of drug-likeness (QED) is 0.805. The number of Topliss-reactive ketones (excluding diaryl/α,β-unsaturated/α-hetero) is 1. The van der Waals surface area contributed by atoms with E-state index in [0.717, 1.165) is 6.26 Å². The van der Waals surface area contributed by atoms with Gasteiger partial charge in [0.25, 0.3) is 0 Å². The molecular formula is C16H22O4S. The zero-order valence-electron chi connectivity index (χ0n) is 13.1. The highest BCUT2D eigenvalue weighted by molar-refractivity contribution is 7.90. The molecule has 1 aromatic rings. The predicted octanol–water partition coefficient (Wildman–Crippen LogP) is 2.87. The number of sulfone groups is 1. The lowest BCUT2D eigenvalue weighted by atomic mass is 9.82. The molecular weight excluding hydrogens is 288 g/mol. The van der Waals surface area contributed by atoms with Gasteiger partial charge in [0.2, 0.25) is 0 Å². The van der Waals surface area contributed by atoms with Crippen LogP contribution in [0, 0.1) is 5.92 Å². The molecule has 0 radical (unpaired) electrons. The molecule has 0 aliphatic carbocycles. The highest BCUT2D eigenvalue weighted by Gasteiger charge is 2.49. The number of ether oxygens (including phenoxy) is 1. The summed E-state index contributed by atoms with van der Waals surface area (Å²) in [4.78, 5) is 12.9. The van der Waals surface area contributed by atoms with Crippen molar-refractivity contribution in [2.24, 2.45) is 5.92 Å². The predicted molar refractivity (Wildman–Crippen MR) is 81.2 cm³/mol. The van der Waals surface area contributed by atoms with Gasteiger partial charge in [0, 0.05) is 11.8 Å². The Morgan fingerprint density at radius 3 is 2.33 bits per heavy atom. The van der Waals surface area contributed by atoms with Gasteiger partial charge in [0.15, 0.2) is 15.6 Å². The number of ketones is 1. The van der Waals surface area contributed by atoms with Crippen LogP contribution in [0.15, 0.2) is 29.2 Å². The highest BCUT2D eigenvalue weighted by Crippen LogP contribution is 2.43. The highest BCUT2D eigenvalue weighted by atomic mass is 32.2. The van der Waals surface area contributed by atoms with Crippen LogP contribution in [0.4, 0.5) is 0 Å². The van der Waals surface area contributed by atoms with Crippen LogP contribution in [0.1, 0.15) is 44.5 Å². The second-order valence-electron chi connectivity index (χ2n) is 6.89. The summed E-state index contributed by atoms with van der Waals surface area (Å²) in [5.74, 6) is -0.335. The molecule has 1 atom stereocenters. The molecule has 21 heavy (non-hydrogen) atoms. The molecule has 0 saturated carbocycles. The van der Waals surface area contributed by atoms with Gasteiger partial charge in [0.05, 0.1) is 22.0 Å². The molecule has 1 heterocycles. The van der Waals surface area contributed by atoms with Crippen LogP contribution in [0.3, 0.4) is 0 Å². The molecule has 1 unspecified atom stereocenters. The zero-order valence-corrected chi connectivity index (χ0v) is 14.0. The number of carbonyl (C=O) groups excluding carboxylic acids is 1.